The highest BCUT2D eigenvalue weighted by Gasteiger charge is 2.36. The molecule has 1 aromatic carbocycles. The van der Waals surface area contributed by atoms with E-state index in [1.165, 1.54) is 32.1 Å². The van der Waals surface area contributed by atoms with Crippen LogP contribution in [0.2, 0.25) is 0 Å². The molecule has 1 saturated carbocycles. The first-order chi connectivity index (χ1) is 15.0. The van der Waals surface area contributed by atoms with Crippen LogP contribution >= 0.6 is 0 Å². The molecular formula is C24H32N4O3. The van der Waals surface area contributed by atoms with Crippen LogP contribution in [-0.4, -0.2) is 44.0 Å². The van der Waals surface area contributed by atoms with Crippen LogP contribution in [0, 0.1) is 5.92 Å². The third-order valence-electron chi connectivity index (χ3n) is 6.68. The zero-order valence-corrected chi connectivity index (χ0v) is 17.9. The van der Waals surface area contributed by atoms with Crippen LogP contribution in [0.15, 0.2) is 36.5 Å². The number of carboxylic acids is 1. The van der Waals surface area contributed by atoms with Gasteiger partial charge in [-0.15, -0.1) is 0 Å². The van der Waals surface area contributed by atoms with Gasteiger partial charge in [0.25, 0.3) is 0 Å². The fourth-order valence-electron chi connectivity index (χ4n) is 4.98. The average Bonchev–Trinajstić information content (AvgIpc) is 3.23. The number of hydrogen-bond acceptors (Lipinski definition) is 4. The lowest BCUT2D eigenvalue weighted by atomic mass is 9.84. The molecule has 2 aromatic rings. The van der Waals surface area contributed by atoms with Crippen LogP contribution in [-0.2, 0) is 16.1 Å². The topological polar surface area (TPSA) is 101 Å². The highest BCUT2D eigenvalue weighted by atomic mass is 16.4. The molecule has 0 unspecified atom stereocenters. The van der Waals surface area contributed by atoms with Gasteiger partial charge in [0.05, 0.1) is 17.8 Å². The maximum Gasteiger partial charge on any atom is 0.303 e. The van der Waals surface area contributed by atoms with E-state index in [9.17, 15) is 9.59 Å². The molecular weight excluding hydrogens is 392 g/mol. The van der Waals surface area contributed by atoms with E-state index >= 15 is 0 Å². The van der Waals surface area contributed by atoms with Crippen LogP contribution in [0.1, 0.15) is 63.2 Å². The van der Waals surface area contributed by atoms with Crippen molar-refractivity contribution in [3.8, 4) is 11.3 Å². The number of carbonyl (C=O) groups is 2. The fraction of sp³-hybridized carbons (Fsp3) is 0.542. The fourth-order valence-corrected chi connectivity index (χ4v) is 4.98. The third kappa shape index (κ3) is 4.98. The summed E-state index contributed by atoms with van der Waals surface area (Å²) < 4.78 is 2.18. The number of benzene rings is 1. The molecule has 3 N–H and O–H groups in total. The second kappa shape index (κ2) is 9.64. The Hall–Kier alpha value is -2.67. The van der Waals surface area contributed by atoms with Crippen molar-refractivity contribution >= 4 is 11.9 Å². The van der Waals surface area contributed by atoms with Gasteiger partial charge in [-0.1, -0.05) is 62.4 Å². The van der Waals surface area contributed by atoms with Crippen molar-refractivity contribution in [2.75, 3.05) is 6.54 Å². The molecule has 2 heterocycles. The number of nitrogens with zero attached hydrogens (tertiary/aromatic N) is 3. The zero-order valence-electron chi connectivity index (χ0n) is 17.9. The second-order valence-electron chi connectivity index (χ2n) is 8.87. The minimum Gasteiger partial charge on any atom is -0.481 e. The molecule has 1 fully saturated rings. The predicted molar refractivity (Wildman–Crippen MR) is 118 cm³/mol. The average molecular weight is 425 g/mol. The molecule has 31 heavy (non-hydrogen) atoms. The van der Waals surface area contributed by atoms with Gasteiger partial charge in [-0.05, 0) is 18.8 Å². The van der Waals surface area contributed by atoms with E-state index in [-0.39, 0.29) is 24.8 Å². The molecule has 0 bridgehead atoms. The molecule has 1 aliphatic carbocycles. The lowest BCUT2D eigenvalue weighted by molar-refractivity contribution is -0.139. The van der Waals surface area contributed by atoms with Crippen molar-refractivity contribution in [1.29, 1.82) is 0 Å². The van der Waals surface area contributed by atoms with Gasteiger partial charge in [0, 0.05) is 31.3 Å². The van der Waals surface area contributed by atoms with E-state index < -0.39 is 12.0 Å². The molecule has 7 heteroatoms. The number of hydrogen-bond donors (Lipinski definition) is 2. The first-order valence-electron chi connectivity index (χ1n) is 11.4. The number of carboxylic acid groups (broad SMARTS) is 1. The third-order valence-corrected chi connectivity index (χ3v) is 6.68. The summed E-state index contributed by atoms with van der Waals surface area (Å²) in [6.45, 7) is 1.25. The van der Waals surface area contributed by atoms with Gasteiger partial charge in [-0.2, -0.15) is 0 Å². The van der Waals surface area contributed by atoms with Gasteiger partial charge in [0.1, 0.15) is 5.82 Å². The van der Waals surface area contributed by atoms with E-state index in [1.807, 2.05) is 23.1 Å². The monoisotopic (exact) mass is 424 g/mol. The lowest BCUT2D eigenvalue weighted by Gasteiger charge is -2.39. The van der Waals surface area contributed by atoms with Crippen LogP contribution in [0.3, 0.4) is 0 Å². The highest BCUT2D eigenvalue weighted by molar-refractivity contribution is 5.83. The Labute approximate surface area is 183 Å². The maximum atomic E-state index is 13.2. The number of aromatic nitrogens is 2. The molecule has 0 saturated heterocycles. The van der Waals surface area contributed by atoms with E-state index in [1.54, 1.807) is 0 Å². The number of amides is 1. The minimum absolute atomic E-state index is 0.0964. The Morgan fingerprint density at radius 2 is 1.87 bits per heavy atom. The van der Waals surface area contributed by atoms with Gasteiger partial charge in [-0.25, -0.2) is 4.98 Å². The summed E-state index contributed by atoms with van der Waals surface area (Å²) in [5.41, 5.74) is 8.12. The molecule has 2 atom stereocenters. The summed E-state index contributed by atoms with van der Waals surface area (Å²) in [4.78, 5) is 31.0. The summed E-state index contributed by atoms with van der Waals surface area (Å²) in [6, 6.07) is 9.20. The number of rotatable bonds is 7. The SMILES string of the molecule is N[C@@H](CCC(=O)O)C(=O)N1CCn2cc(-c3ccccc3)nc2[C@@H]1CC1CCCCC1. The molecule has 0 radical (unpaired) electrons. The van der Waals surface area contributed by atoms with Crippen molar-refractivity contribution < 1.29 is 14.7 Å². The first-order valence-corrected chi connectivity index (χ1v) is 11.4. The summed E-state index contributed by atoms with van der Waals surface area (Å²) in [5.74, 6) is 0.420. The molecule has 2 aliphatic rings. The second-order valence-corrected chi connectivity index (χ2v) is 8.87. The van der Waals surface area contributed by atoms with Crippen LogP contribution < -0.4 is 5.73 Å². The maximum absolute atomic E-state index is 13.2. The zero-order chi connectivity index (χ0) is 21.8. The first kappa shape index (κ1) is 21.6. The number of aliphatic carboxylic acids is 1. The quantitative estimate of drug-likeness (QED) is 0.707. The van der Waals surface area contributed by atoms with Gasteiger partial charge in [0.2, 0.25) is 5.91 Å². The van der Waals surface area contributed by atoms with Gasteiger partial charge < -0.3 is 20.3 Å². The summed E-state index contributed by atoms with van der Waals surface area (Å²) in [7, 11) is 0. The Morgan fingerprint density at radius 3 is 2.58 bits per heavy atom. The van der Waals surface area contributed by atoms with Crippen molar-refractivity contribution in [2.45, 2.75) is 70.0 Å². The van der Waals surface area contributed by atoms with Gasteiger partial charge >= 0.3 is 5.97 Å². The van der Waals surface area contributed by atoms with Crippen LogP contribution in [0.4, 0.5) is 0 Å². The molecule has 166 valence electrons. The van der Waals surface area contributed by atoms with Gasteiger partial charge in [-0.3, -0.25) is 9.59 Å². The van der Waals surface area contributed by atoms with Gasteiger partial charge in [0.15, 0.2) is 0 Å². The Kier molecular flexibility index (Phi) is 6.70. The Balaban J connectivity index is 1.60. The van der Waals surface area contributed by atoms with E-state index in [4.69, 9.17) is 15.8 Å². The standard InChI is InChI=1S/C24H32N4O3/c25-19(11-12-22(29)30)24(31)28-14-13-27-16-20(18-9-5-2-6-10-18)26-23(27)21(28)15-17-7-3-1-4-8-17/h2,5-6,9-10,16-17,19,21H,1,3-4,7-8,11-15,25H2,(H,29,30)/t19-,21-/m0/s1. The minimum atomic E-state index is -0.927. The number of nitrogens with two attached hydrogens (primary N) is 1. The molecule has 4 rings (SSSR count). The lowest BCUT2D eigenvalue weighted by Crippen LogP contribution is -2.50. The van der Waals surface area contributed by atoms with Crippen LogP contribution in [0.25, 0.3) is 11.3 Å². The normalized spacial score (nSPS) is 20.3. The molecule has 0 spiro atoms. The Bertz CT molecular complexity index is 905. The summed E-state index contributed by atoms with van der Waals surface area (Å²) in [6.07, 6.45) is 9.20. The molecule has 7 nitrogen and oxygen atoms in total. The van der Waals surface area contributed by atoms with Crippen molar-refractivity contribution in [2.24, 2.45) is 11.7 Å². The number of imidazole rings is 1. The van der Waals surface area contributed by atoms with Crippen molar-refractivity contribution in [3.63, 3.8) is 0 Å². The summed E-state index contributed by atoms with van der Waals surface area (Å²) >= 11 is 0. The van der Waals surface area contributed by atoms with E-state index in [0.717, 1.165) is 23.5 Å². The highest BCUT2D eigenvalue weighted by Crippen LogP contribution is 2.37. The summed E-state index contributed by atoms with van der Waals surface area (Å²) in [5, 5.41) is 8.97. The van der Waals surface area contributed by atoms with E-state index in [2.05, 4.69) is 22.9 Å². The molecule has 1 aliphatic heterocycles. The largest absolute Gasteiger partial charge is 0.481 e. The number of carbonyl (C=O) groups excluding carboxylic acids is 1. The molecule has 1 aromatic heterocycles. The van der Waals surface area contributed by atoms with E-state index in [0.29, 0.717) is 19.0 Å². The van der Waals surface area contributed by atoms with Crippen LogP contribution in [0.5, 0.6) is 0 Å². The number of fused-ring (bicyclic) bond motifs is 1. The smallest absolute Gasteiger partial charge is 0.303 e. The molecule has 1 amide bonds. The van der Waals surface area contributed by atoms with Crippen molar-refractivity contribution in [1.82, 2.24) is 14.5 Å². The predicted octanol–water partition coefficient (Wildman–Crippen LogP) is 3.60. The van der Waals surface area contributed by atoms with Crippen molar-refractivity contribution in [3.05, 3.63) is 42.4 Å². The Morgan fingerprint density at radius 1 is 1.13 bits per heavy atom.